The molecule has 2 rings (SSSR count). The summed E-state index contributed by atoms with van der Waals surface area (Å²) in [5.74, 6) is 0. The van der Waals surface area contributed by atoms with Crippen molar-refractivity contribution in [1.82, 2.24) is 20.0 Å². The monoisotopic (exact) mass is 212 g/mol. The summed E-state index contributed by atoms with van der Waals surface area (Å²) in [4.78, 5) is 7.52. The first-order valence-corrected chi connectivity index (χ1v) is 6.07. The zero-order valence-corrected chi connectivity index (χ0v) is 10.1. The quantitative estimate of drug-likeness (QED) is 0.643. The van der Waals surface area contributed by atoms with Crippen molar-refractivity contribution < 1.29 is 0 Å². The standard InChI is InChI=1S/C11H24N4/c1-13-5-7-15(8-6-13)10-11-9-12-3-4-14(11)2/h11-12H,3-10H2,1-2H3. The zero-order valence-electron chi connectivity index (χ0n) is 10.1. The van der Waals surface area contributed by atoms with E-state index in [-0.39, 0.29) is 0 Å². The Hall–Kier alpha value is -0.160. The maximum absolute atomic E-state index is 3.48. The summed E-state index contributed by atoms with van der Waals surface area (Å²) in [5, 5.41) is 3.48. The predicted octanol–water partition coefficient (Wildman–Crippen LogP) is -0.863. The van der Waals surface area contributed by atoms with E-state index < -0.39 is 0 Å². The Morgan fingerprint density at radius 2 is 1.80 bits per heavy atom. The van der Waals surface area contributed by atoms with Gasteiger partial charge in [0.1, 0.15) is 0 Å². The van der Waals surface area contributed by atoms with Gasteiger partial charge < -0.3 is 10.2 Å². The van der Waals surface area contributed by atoms with Crippen LogP contribution in [0, 0.1) is 0 Å². The second kappa shape index (κ2) is 5.25. The Balaban J connectivity index is 1.75. The van der Waals surface area contributed by atoms with Crippen molar-refractivity contribution in [3.05, 3.63) is 0 Å². The first-order valence-electron chi connectivity index (χ1n) is 6.07. The molecule has 1 atom stereocenters. The minimum absolute atomic E-state index is 0.710. The van der Waals surface area contributed by atoms with E-state index in [0.29, 0.717) is 6.04 Å². The van der Waals surface area contributed by atoms with Crippen LogP contribution in [0.2, 0.25) is 0 Å². The molecule has 0 spiro atoms. The fraction of sp³-hybridized carbons (Fsp3) is 1.00. The highest BCUT2D eigenvalue weighted by atomic mass is 15.3. The third-order valence-corrected chi connectivity index (χ3v) is 3.71. The highest BCUT2D eigenvalue weighted by molar-refractivity contribution is 4.82. The summed E-state index contributed by atoms with van der Waals surface area (Å²) < 4.78 is 0. The molecule has 0 aliphatic carbocycles. The lowest BCUT2D eigenvalue weighted by atomic mass is 10.2. The van der Waals surface area contributed by atoms with Crippen molar-refractivity contribution in [3.8, 4) is 0 Å². The zero-order chi connectivity index (χ0) is 10.7. The maximum atomic E-state index is 3.48. The van der Waals surface area contributed by atoms with Crippen molar-refractivity contribution in [2.75, 3.05) is 66.5 Å². The molecule has 2 heterocycles. The Morgan fingerprint density at radius 1 is 1.07 bits per heavy atom. The summed E-state index contributed by atoms with van der Waals surface area (Å²) in [7, 11) is 4.47. The Kier molecular flexibility index (Phi) is 3.97. The molecule has 2 fully saturated rings. The number of rotatable bonds is 2. The molecule has 0 aromatic carbocycles. The van der Waals surface area contributed by atoms with Gasteiger partial charge in [-0.05, 0) is 14.1 Å². The van der Waals surface area contributed by atoms with Crippen molar-refractivity contribution >= 4 is 0 Å². The lowest BCUT2D eigenvalue weighted by Crippen LogP contribution is -2.56. The van der Waals surface area contributed by atoms with Crippen LogP contribution in [0.4, 0.5) is 0 Å². The molecule has 4 nitrogen and oxygen atoms in total. The SMILES string of the molecule is CN1CCN(CC2CNCCN2C)CC1. The van der Waals surface area contributed by atoms with Crippen LogP contribution >= 0.6 is 0 Å². The molecule has 2 aliphatic heterocycles. The molecular formula is C11H24N4. The molecule has 0 bridgehead atoms. The normalized spacial score (nSPS) is 32.0. The number of hydrogen-bond donors (Lipinski definition) is 1. The third kappa shape index (κ3) is 3.14. The maximum Gasteiger partial charge on any atom is 0.0345 e. The van der Waals surface area contributed by atoms with Gasteiger partial charge in [-0.1, -0.05) is 0 Å². The lowest BCUT2D eigenvalue weighted by molar-refractivity contribution is 0.0999. The van der Waals surface area contributed by atoms with Crippen molar-refractivity contribution in [2.24, 2.45) is 0 Å². The molecule has 1 unspecified atom stereocenters. The first-order chi connectivity index (χ1) is 7.25. The molecule has 0 aromatic heterocycles. The average molecular weight is 212 g/mol. The molecule has 2 aliphatic rings. The van der Waals surface area contributed by atoms with Crippen LogP contribution in [-0.2, 0) is 0 Å². The number of piperazine rings is 2. The van der Waals surface area contributed by atoms with Gasteiger partial charge in [-0.15, -0.1) is 0 Å². The third-order valence-electron chi connectivity index (χ3n) is 3.71. The molecule has 15 heavy (non-hydrogen) atoms. The molecule has 0 saturated carbocycles. The van der Waals surface area contributed by atoms with Gasteiger partial charge in [0.2, 0.25) is 0 Å². The van der Waals surface area contributed by atoms with Crippen LogP contribution in [0.1, 0.15) is 0 Å². The van der Waals surface area contributed by atoms with Crippen molar-refractivity contribution in [3.63, 3.8) is 0 Å². The largest absolute Gasteiger partial charge is 0.314 e. The molecule has 4 heteroatoms. The summed E-state index contributed by atoms with van der Waals surface area (Å²) in [5.41, 5.74) is 0. The fourth-order valence-corrected chi connectivity index (χ4v) is 2.39. The topological polar surface area (TPSA) is 21.8 Å². The number of likely N-dealkylation sites (N-methyl/N-ethyl adjacent to an activating group) is 2. The summed E-state index contributed by atoms with van der Waals surface area (Å²) in [6.07, 6.45) is 0. The molecule has 1 N–H and O–H groups in total. The van der Waals surface area contributed by atoms with E-state index in [1.54, 1.807) is 0 Å². The van der Waals surface area contributed by atoms with E-state index in [9.17, 15) is 0 Å². The Labute approximate surface area is 93.2 Å². The van der Waals surface area contributed by atoms with Gasteiger partial charge in [0.15, 0.2) is 0 Å². The minimum Gasteiger partial charge on any atom is -0.314 e. The summed E-state index contributed by atoms with van der Waals surface area (Å²) in [6.45, 7) is 9.66. The predicted molar refractivity (Wildman–Crippen MR) is 63.2 cm³/mol. The molecule has 0 radical (unpaired) electrons. The molecule has 88 valence electrons. The highest BCUT2D eigenvalue weighted by Gasteiger charge is 2.22. The molecule has 2 saturated heterocycles. The highest BCUT2D eigenvalue weighted by Crippen LogP contribution is 2.05. The number of nitrogens with zero attached hydrogens (tertiary/aromatic N) is 3. The van der Waals surface area contributed by atoms with Crippen LogP contribution < -0.4 is 5.32 Å². The first kappa shape index (κ1) is 11.3. The second-order valence-corrected chi connectivity index (χ2v) is 4.94. The Morgan fingerprint density at radius 3 is 2.47 bits per heavy atom. The van der Waals surface area contributed by atoms with Gasteiger partial charge in [0, 0.05) is 58.4 Å². The smallest absolute Gasteiger partial charge is 0.0345 e. The van der Waals surface area contributed by atoms with E-state index in [1.165, 1.54) is 39.3 Å². The van der Waals surface area contributed by atoms with Gasteiger partial charge in [-0.2, -0.15) is 0 Å². The van der Waals surface area contributed by atoms with Crippen LogP contribution in [0.3, 0.4) is 0 Å². The van der Waals surface area contributed by atoms with Crippen LogP contribution in [-0.4, -0.2) is 87.2 Å². The van der Waals surface area contributed by atoms with E-state index in [1.807, 2.05) is 0 Å². The van der Waals surface area contributed by atoms with Crippen LogP contribution in [0.5, 0.6) is 0 Å². The second-order valence-electron chi connectivity index (χ2n) is 4.94. The van der Waals surface area contributed by atoms with Gasteiger partial charge >= 0.3 is 0 Å². The number of hydrogen-bond acceptors (Lipinski definition) is 4. The lowest BCUT2D eigenvalue weighted by Gasteiger charge is -2.39. The van der Waals surface area contributed by atoms with Gasteiger partial charge in [-0.3, -0.25) is 9.80 Å². The van der Waals surface area contributed by atoms with Crippen LogP contribution in [0.25, 0.3) is 0 Å². The molecule has 0 amide bonds. The van der Waals surface area contributed by atoms with Gasteiger partial charge in [-0.25, -0.2) is 0 Å². The van der Waals surface area contributed by atoms with E-state index in [2.05, 4.69) is 34.1 Å². The van der Waals surface area contributed by atoms with E-state index >= 15 is 0 Å². The van der Waals surface area contributed by atoms with E-state index in [0.717, 1.165) is 13.1 Å². The van der Waals surface area contributed by atoms with Crippen LogP contribution in [0.15, 0.2) is 0 Å². The van der Waals surface area contributed by atoms with Crippen molar-refractivity contribution in [1.29, 1.82) is 0 Å². The average Bonchev–Trinajstić information content (AvgIpc) is 2.25. The number of nitrogens with one attached hydrogen (secondary N) is 1. The fourth-order valence-electron chi connectivity index (χ4n) is 2.39. The van der Waals surface area contributed by atoms with E-state index in [4.69, 9.17) is 0 Å². The molecular weight excluding hydrogens is 188 g/mol. The molecule has 0 aromatic rings. The van der Waals surface area contributed by atoms with Crippen molar-refractivity contribution in [2.45, 2.75) is 6.04 Å². The summed E-state index contributed by atoms with van der Waals surface area (Å²) >= 11 is 0. The van der Waals surface area contributed by atoms with Gasteiger partial charge in [0.05, 0.1) is 0 Å². The summed E-state index contributed by atoms with van der Waals surface area (Å²) in [6, 6.07) is 0.710. The Bertz CT molecular complexity index is 189. The minimum atomic E-state index is 0.710. The van der Waals surface area contributed by atoms with Gasteiger partial charge in [0.25, 0.3) is 0 Å².